The second-order valence-electron chi connectivity index (χ2n) is 0.673. The Kier molecular flexibility index (Phi) is 14.8. The zero-order valence-corrected chi connectivity index (χ0v) is 6.98. The molecule has 0 aromatic carbocycles. The van der Waals surface area contributed by atoms with E-state index in [0.717, 1.165) is 0 Å². The first kappa shape index (κ1) is 10.6. The number of rotatable bonds is 0. The van der Waals surface area contributed by atoms with Crippen LogP contribution in [0.5, 0.6) is 0 Å². The monoisotopic (exact) mass is 178 g/mol. The zero-order chi connectivity index (χ0) is 6.28. The molecule has 0 atom stereocenters. The minimum absolute atomic E-state index is 0.0833. The van der Waals surface area contributed by atoms with Crippen molar-refractivity contribution >= 4 is 29.2 Å². The molecule has 0 heterocycles. The van der Waals surface area contributed by atoms with Crippen LogP contribution in [-0.4, -0.2) is 4.32 Å². The predicted octanol–water partition coefficient (Wildman–Crippen LogP) is 0.942. The summed E-state index contributed by atoms with van der Waals surface area (Å²) in [6.07, 6.45) is 0. The maximum absolute atomic E-state index is 4.66. The first-order valence-electron chi connectivity index (χ1n) is 1.40. The molecule has 0 radical (unpaired) electrons. The van der Waals surface area contributed by atoms with Gasteiger partial charge in [-0.15, -0.1) is 0 Å². The molecule has 45 valence electrons. The Hall–Kier alpha value is 0.629. The first-order chi connectivity index (χ1) is 3.15. The topological polar surface area (TPSA) is 26.0 Å². The van der Waals surface area contributed by atoms with E-state index in [4.69, 9.17) is 0 Å². The van der Waals surface area contributed by atoms with Crippen LogP contribution in [0.4, 0.5) is 0 Å². The van der Waals surface area contributed by atoms with Gasteiger partial charge in [0.2, 0.25) is 0 Å². The van der Waals surface area contributed by atoms with Crippen molar-refractivity contribution in [2.24, 2.45) is 5.73 Å². The Balaban J connectivity index is 0. The third kappa shape index (κ3) is 359. The van der Waals surface area contributed by atoms with Crippen LogP contribution >= 0.6 is 12.2 Å². The van der Waals surface area contributed by atoms with E-state index in [0.29, 0.717) is 0 Å². The van der Waals surface area contributed by atoms with Crippen LogP contribution in [0.25, 0.3) is 0 Å². The summed E-state index contributed by atoms with van der Waals surface area (Å²) in [6.45, 7) is 0. The van der Waals surface area contributed by atoms with Crippen molar-refractivity contribution < 1.29 is 15.0 Å². The fraction of sp³-hybridized carbons (Fsp3) is 0.667. The van der Waals surface area contributed by atoms with Gasteiger partial charge in [0.25, 0.3) is 0 Å². The van der Waals surface area contributed by atoms with Crippen LogP contribution in [0, 0.1) is 0 Å². The summed E-state index contributed by atoms with van der Waals surface area (Å²) in [5, 5.41) is 0. The van der Waals surface area contributed by atoms with Gasteiger partial charge < -0.3 is 30.6 Å². The Morgan fingerprint density at radius 2 is 1.71 bits per heavy atom. The van der Waals surface area contributed by atoms with E-state index >= 15 is 0 Å². The van der Waals surface area contributed by atoms with E-state index in [9.17, 15) is 0 Å². The van der Waals surface area contributed by atoms with Crippen LogP contribution in [0.15, 0.2) is 0 Å². The molecule has 0 rings (SSSR count). The molecular formula is C3H8FeNS2. The van der Waals surface area contributed by atoms with Gasteiger partial charge in [-0.05, 0) is 0 Å². The predicted molar refractivity (Wildman–Crippen MR) is 35.9 cm³/mol. The minimum atomic E-state index is 0.0833. The molecule has 7 heavy (non-hydrogen) atoms. The van der Waals surface area contributed by atoms with Crippen LogP contribution < -0.4 is 5.73 Å². The molecule has 0 aliphatic carbocycles. The normalized spacial score (nSPS) is 6.00. The molecule has 4 heteroatoms. The van der Waals surface area contributed by atoms with Crippen molar-refractivity contribution in [1.82, 2.24) is 0 Å². The van der Waals surface area contributed by atoms with E-state index in [2.05, 4.69) is 42.2 Å². The maximum atomic E-state index is 4.66. The van der Waals surface area contributed by atoms with Crippen LogP contribution in [-0.2, 0) is 27.6 Å². The molecule has 0 amide bonds. The average Bonchev–Trinajstić information content (AvgIpc) is 1.33. The molecule has 0 fully saturated rings. The fourth-order valence-electron chi connectivity index (χ4n) is 0. The molecule has 0 saturated heterocycles. The Bertz CT molecular complexity index is 44.2. The Labute approximate surface area is 61.6 Å². The van der Waals surface area contributed by atoms with Gasteiger partial charge in [0.1, 0.15) is 0 Å². The third-order valence-electron chi connectivity index (χ3n) is 0. The van der Waals surface area contributed by atoms with Gasteiger partial charge in [0.15, 0.2) is 0 Å². The van der Waals surface area contributed by atoms with Gasteiger partial charge in [-0.25, -0.2) is 0 Å². The second kappa shape index (κ2) is 9.80. The zero-order valence-electron chi connectivity index (χ0n) is 4.25. The summed E-state index contributed by atoms with van der Waals surface area (Å²) < 4.78 is 0.0833. The number of thiocarbonyl (C=S) groups is 1. The molecule has 2 N–H and O–H groups in total. The van der Waals surface area contributed by atoms with E-state index in [-0.39, 0.29) is 4.32 Å². The second-order valence-corrected chi connectivity index (χ2v) is 2.91. The van der Waals surface area contributed by atoms with Crippen molar-refractivity contribution in [3.63, 3.8) is 0 Å². The van der Waals surface area contributed by atoms with Gasteiger partial charge in [0.05, 0.1) is 0 Å². The first-order valence-corrected chi connectivity index (χ1v) is 4.43. The summed E-state index contributed by atoms with van der Waals surface area (Å²) in [4.78, 5) is 0. The average molecular weight is 178 g/mol. The van der Waals surface area contributed by atoms with Gasteiger partial charge in [-0.2, -0.15) is 0 Å². The van der Waals surface area contributed by atoms with Gasteiger partial charge >= 0.3 is 26.6 Å². The van der Waals surface area contributed by atoms with E-state index < -0.39 is 0 Å². The van der Waals surface area contributed by atoms with Crippen LogP contribution in [0.1, 0.15) is 0 Å². The standard InChI is InChI=1S/CH3NS2.2CH3.Fe/c2-1(3)4;;;/h(H3,2,3,4);2*1H3;/q;;;+1/p-1. The summed E-state index contributed by atoms with van der Waals surface area (Å²) in [6, 6.07) is 0. The fourth-order valence-corrected chi connectivity index (χ4v) is 0. The van der Waals surface area contributed by atoms with Gasteiger partial charge in [-0.3, -0.25) is 0 Å². The molecule has 1 nitrogen and oxygen atoms in total. The molecule has 0 aromatic rings. The molecule has 0 saturated carbocycles. The number of nitrogens with two attached hydrogens (primary N) is 1. The van der Waals surface area contributed by atoms with Crippen molar-refractivity contribution in [3.05, 3.63) is 0 Å². The molecular weight excluding hydrogens is 170 g/mol. The quantitative estimate of drug-likeness (QED) is 0.339. The van der Waals surface area contributed by atoms with E-state index in [1.54, 1.807) is 0 Å². The van der Waals surface area contributed by atoms with Gasteiger partial charge in [-0.1, -0.05) is 4.32 Å². The van der Waals surface area contributed by atoms with Crippen molar-refractivity contribution in [2.45, 2.75) is 11.6 Å². The Morgan fingerprint density at radius 3 is 1.71 bits per heavy atom. The summed E-state index contributed by atoms with van der Waals surface area (Å²) in [5.41, 5.74) is 4.66. The molecule has 0 aromatic heterocycles. The van der Waals surface area contributed by atoms with Crippen molar-refractivity contribution in [2.75, 3.05) is 0 Å². The third-order valence-corrected chi connectivity index (χ3v) is 0. The van der Waals surface area contributed by atoms with E-state index in [1.807, 2.05) is 0 Å². The number of hydrogen-bond donors (Lipinski definition) is 1. The van der Waals surface area contributed by atoms with Crippen molar-refractivity contribution in [1.29, 1.82) is 0 Å². The Morgan fingerprint density at radius 1 is 1.71 bits per heavy atom. The SMILES string of the molecule is NC(=S)[S-].[CH3][Fe+][CH3]. The van der Waals surface area contributed by atoms with E-state index in [1.165, 1.54) is 15.0 Å². The molecule has 0 aliphatic rings. The summed E-state index contributed by atoms with van der Waals surface area (Å²) in [7, 11) is 0. The number of hydrogen-bond acceptors (Lipinski definition) is 2. The van der Waals surface area contributed by atoms with Gasteiger partial charge in [0, 0.05) is 0 Å². The summed E-state index contributed by atoms with van der Waals surface area (Å²) >= 11 is 9.51. The summed E-state index contributed by atoms with van der Waals surface area (Å²) in [5.74, 6) is 4.25. The van der Waals surface area contributed by atoms with Crippen LogP contribution in [0.2, 0.25) is 11.6 Å². The van der Waals surface area contributed by atoms with Crippen molar-refractivity contribution in [3.8, 4) is 0 Å². The molecule has 0 bridgehead atoms. The molecule has 0 unspecified atom stereocenters. The van der Waals surface area contributed by atoms with Crippen LogP contribution in [0.3, 0.4) is 0 Å². The molecule has 0 spiro atoms. The molecule has 0 aliphatic heterocycles.